The Morgan fingerprint density at radius 3 is 2.38 bits per heavy atom. The van der Waals surface area contributed by atoms with Gasteiger partial charge in [0.2, 0.25) is 17.5 Å². The molecule has 55 heavy (non-hydrogen) atoms. The van der Waals surface area contributed by atoms with Gasteiger partial charge in [0, 0.05) is 23.8 Å². The molecule has 0 aliphatic carbocycles. The summed E-state index contributed by atoms with van der Waals surface area (Å²) in [4.78, 5) is 26.5. The summed E-state index contributed by atoms with van der Waals surface area (Å²) in [6.45, 7) is -2.24. The van der Waals surface area contributed by atoms with E-state index in [4.69, 9.17) is 37.6 Å². The average Bonchev–Trinajstić information content (AvgIpc) is 3.46. The zero-order valence-electron chi connectivity index (χ0n) is 29.2. The number of rotatable bonds is 12. The summed E-state index contributed by atoms with van der Waals surface area (Å²) < 4.78 is 44.4. The van der Waals surface area contributed by atoms with Crippen LogP contribution in [0.5, 0.6) is 34.5 Å². The molecule has 8 atom stereocenters. The number of phenolic OH excluding ortho intramolecular Hbond substituents is 3. The molecule has 2 saturated heterocycles. The molecule has 18 heteroatoms. The molecule has 18 nitrogen and oxygen atoms in total. The summed E-state index contributed by atoms with van der Waals surface area (Å²) in [6.07, 6.45) is -10.2. The summed E-state index contributed by atoms with van der Waals surface area (Å²) >= 11 is 0. The van der Waals surface area contributed by atoms with Crippen molar-refractivity contribution in [2.75, 3.05) is 34.0 Å². The number of hydrogen-bond donors (Lipinski definition) is 8. The van der Waals surface area contributed by atoms with Gasteiger partial charge in [0.1, 0.15) is 59.2 Å². The van der Waals surface area contributed by atoms with Crippen molar-refractivity contribution >= 4 is 23.0 Å². The molecule has 8 N–H and O–H groups in total. The van der Waals surface area contributed by atoms with Crippen LogP contribution < -0.4 is 19.6 Å². The molecule has 0 spiro atoms. The summed E-state index contributed by atoms with van der Waals surface area (Å²) in [5, 5.41) is 84.1. The third-order valence-electron chi connectivity index (χ3n) is 9.01. The Morgan fingerprint density at radius 2 is 1.69 bits per heavy atom. The predicted molar refractivity (Wildman–Crippen MR) is 186 cm³/mol. The maximum atomic E-state index is 14.0. The molecule has 3 aromatic carbocycles. The Labute approximate surface area is 311 Å². The number of ether oxygens (including phenoxy) is 7. The van der Waals surface area contributed by atoms with Crippen LogP contribution >= 0.6 is 0 Å². The second-order valence-corrected chi connectivity index (χ2v) is 12.7. The van der Waals surface area contributed by atoms with Gasteiger partial charge < -0.3 is 78.4 Å². The number of benzene rings is 3. The summed E-state index contributed by atoms with van der Waals surface area (Å²) in [6, 6.07) is 12.2. The Kier molecular flexibility index (Phi) is 11.5. The van der Waals surface area contributed by atoms with Crippen molar-refractivity contribution in [3.63, 3.8) is 0 Å². The minimum Gasteiger partial charge on any atom is -0.508 e. The van der Waals surface area contributed by atoms with Gasteiger partial charge >= 0.3 is 5.97 Å². The number of aliphatic hydroxyl groups excluding tert-OH is 4. The van der Waals surface area contributed by atoms with Crippen molar-refractivity contribution in [1.82, 2.24) is 0 Å². The van der Waals surface area contributed by atoms with Gasteiger partial charge in [0.15, 0.2) is 35.3 Å². The van der Waals surface area contributed by atoms with Gasteiger partial charge in [-0.2, -0.15) is 0 Å². The highest BCUT2D eigenvalue weighted by Crippen LogP contribution is 2.39. The topological polar surface area (TPSA) is 274 Å². The van der Waals surface area contributed by atoms with E-state index in [1.807, 2.05) is 0 Å². The first-order valence-electron chi connectivity index (χ1n) is 16.6. The van der Waals surface area contributed by atoms with Crippen LogP contribution in [0.3, 0.4) is 0 Å². The van der Waals surface area contributed by atoms with E-state index < -0.39 is 91.4 Å². The second-order valence-electron chi connectivity index (χ2n) is 12.7. The number of methoxy groups -OCH3 is 2. The van der Waals surface area contributed by atoms with Crippen LogP contribution in [0.15, 0.2) is 69.9 Å². The van der Waals surface area contributed by atoms with E-state index in [9.17, 15) is 50.4 Å². The number of aromatic hydroxyl groups is 3. The zero-order chi connectivity index (χ0) is 39.6. The highest BCUT2D eigenvalue weighted by atomic mass is 16.8. The smallest absolute Gasteiger partial charge is 0.330 e. The minimum absolute atomic E-state index is 0.107. The summed E-state index contributed by atoms with van der Waals surface area (Å²) in [7, 11) is 2.69. The van der Waals surface area contributed by atoms with Crippen LogP contribution in [0, 0.1) is 0 Å². The highest BCUT2D eigenvalue weighted by molar-refractivity contribution is 5.88. The normalized spacial score (nSPS) is 26.6. The summed E-state index contributed by atoms with van der Waals surface area (Å²) in [5.41, 5.74) is -2.60. The first-order chi connectivity index (χ1) is 26.3. The number of aliphatic hydroxyl groups is 5. The van der Waals surface area contributed by atoms with Crippen molar-refractivity contribution in [2.45, 2.75) is 48.7 Å². The van der Waals surface area contributed by atoms with E-state index in [0.29, 0.717) is 5.56 Å². The van der Waals surface area contributed by atoms with Gasteiger partial charge in [-0.05, 0) is 48.0 Å². The lowest BCUT2D eigenvalue weighted by molar-refractivity contribution is -0.319. The van der Waals surface area contributed by atoms with E-state index in [0.717, 1.165) is 12.1 Å². The van der Waals surface area contributed by atoms with Gasteiger partial charge in [-0.1, -0.05) is 6.07 Å². The molecule has 2 aliphatic rings. The largest absolute Gasteiger partial charge is 0.508 e. The maximum Gasteiger partial charge on any atom is 0.330 e. The van der Waals surface area contributed by atoms with Gasteiger partial charge in [0.05, 0.1) is 27.4 Å². The second kappa shape index (κ2) is 16.1. The van der Waals surface area contributed by atoms with E-state index >= 15 is 0 Å². The van der Waals surface area contributed by atoms with Gasteiger partial charge in [-0.25, -0.2) is 4.79 Å². The number of carbonyl (C=O) groups excluding carboxylic acids is 1. The lowest BCUT2D eigenvalue weighted by Crippen LogP contribution is -2.62. The van der Waals surface area contributed by atoms with Gasteiger partial charge in [-0.3, -0.25) is 4.79 Å². The molecular formula is C37H38O18. The molecule has 4 aromatic rings. The third kappa shape index (κ3) is 8.02. The fourth-order valence-electron chi connectivity index (χ4n) is 5.96. The standard InChI is InChI=1S/C37H38O18/c1-48-20-12-22(41)27-24(13-20)52-31(18-5-7-19(39)8-6-18)32(29(27)44)54-35-33(30(45)28(43)25(14-38)53-35)55-36-34(46)37(47,16-51-36)15-50-26(42)10-4-17-3-9-21(40)23(11-17)49-2/h3-13,25,28,30,33-36,38-41,43,45-47H,14-16H2,1-2H3/b10-4+/t25?,28-,30?,33?,34-,35+,36+,37?/m1/s1. The first kappa shape index (κ1) is 39.3. The van der Waals surface area contributed by atoms with E-state index in [2.05, 4.69) is 0 Å². The number of esters is 1. The third-order valence-corrected chi connectivity index (χ3v) is 9.01. The van der Waals surface area contributed by atoms with Crippen molar-refractivity contribution in [3.8, 4) is 45.8 Å². The Balaban J connectivity index is 1.25. The molecule has 0 amide bonds. The Bertz CT molecular complexity index is 2100. The molecule has 294 valence electrons. The Morgan fingerprint density at radius 1 is 0.945 bits per heavy atom. The van der Waals surface area contributed by atoms with Crippen LogP contribution in [0.4, 0.5) is 0 Å². The molecule has 6 rings (SSSR count). The molecule has 0 bridgehead atoms. The summed E-state index contributed by atoms with van der Waals surface area (Å²) in [5.74, 6) is -2.18. The fraction of sp³-hybridized carbons (Fsp3) is 0.351. The molecule has 4 unspecified atom stereocenters. The molecule has 0 radical (unpaired) electrons. The van der Waals surface area contributed by atoms with E-state index in [1.54, 1.807) is 0 Å². The molecule has 2 fully saturated rings. The zero-order valence-corrected chi connectivity index (χ0v) is 29.2. The highest BCUT2D eigenvalue weighted by Gasteiger charge is 2.54. The lowest BCUT2D eigenvalue weighted by atomic mass is 9.98. The minimum atomic E-state index is -2.23. The van der Waals surface area contributed by atoms with Crippen LogP contribution in [-0.2, 0) is 23.7 Å². The average molecular weight is 771 g/mol. The maximum absolute atomic E-state index is 14.0. The fourth-order valence-corrected chi connectivity index (χ4v) is 5.96. The number of phenols is 3. The van der Waals surface area contributed by atoms with E-state index in [-0.39, 0.29) is 45.3 Å². The van der Waals surface area contributed by atoms with Crippen LogP contribution in [0.25, 0.3) is 28.4 Å². The quantitative estimate of drug-likeness (QED) is 0.0720. The molecule has 0 saturated carbocycles. The molecule has 1 aromatic heterocycles. The van der Waals surface area contributed by atoms with Crippen molar-refractivity contribution in [2.24, 2.45) is 0 Å². The van der Waals surface area contributed by atoms with E-state index in [1.165, 1.54) is 68.8 Å². The van der Waals surface area contributed by atoms with Gasteiger partial charge in [-0.15, -0.1) is 0 Å². The molecule has 2 aliphatic heterocycles. The first-order valence-corrected chi connectivity index (χ1v) is 16.6. The van der Waals surface area contributed by atoms with Gasteiger partial charge in [0.25, 0.3) is 0 Å². The van der Waals surface area contributed by atoms with Crippen LogP contribution in [0.2, 0.25) is 0 Å². The predicted octanol–water partition coefficient (Wildman–Crippen LogP) is 0.502. The van der Waals surface area contributed by atoms with Crippen molar-refractivity contribution < 1.29 is 83.2 Å². The molecule has 3 heterocycles. The number of carbonyl (C=O) groups is 1. The van der Waals surface area contributed by atoms with Crippen LogP contribution in [0.1, 0.15) is 5.56 Å². The Hall–Kier alpha value is -5.44. The van der Waals surface area contributed by atoms with Crippen molar-refractivity contribution in [1.29, 1.82) is 0 Å². The SMILES string of the molecule is COc1cc(O)c2c(=O)c(O[C@@H]3OC(CO)[C@@H](O)C(O)C3O[C@@H]3OCC(O)(COC(=O)/C=C/c4ccc(O)c(OC)c4)[C@@H]3O)c(-c3ccc(O)cc3)oc2c1. The monoisotopic (exact) mass is 770 g/mol. The molecular weight excluding hydrogens is 732 g/mol. The number of hydrogen-bond acceptors (Lipinski definition) is 18. The lowest BCUT2D eigenvalue weighted by Gasteiger charge is -2.42. The van der Waals surface area contributed by atoms with Crippen molar-refractivity contribution in [3.05, 3.63) is 76.5 Å². The number of fused-ring (bicyclic) bond motifs is 1. The van der Waals surface area contributed by atoms with Crippen LogP contribution in [-0.4, -0.2) is 130 Å².